The minimum absolute atomic E-state index is 0.172. The van der Waals surface area contributed by atoms with E-state index in [0.717, 1.165) is 6.54 Å². The average Bonchev–Trinajstić information content (AvgIpc) is 2.63. The second-order valence-electron chi connectivity index (χ2n) is 6.36. The number of aliphatic carboxylic acids is 1. The van der Waals surface area contributed by atoms with Crippen LogP contribution in [0.2, 0.25) is 0 Å². The first-order valence-corrected chi connectivity index (χ1v) is 7.01. The van der Waals surface area contributed by atoms with Crippen LogP contribution in [-0.2, 0) is 4.79 Å². The highest BCUT2D eigenvalue weighted by atomic mass is 16.4. The molecular weight excluding hydrogens is 228 g/mol. The molecule has 1 aliphatic heterocycles. The lowest BCUT2D eigenvalue weighted by Gasteiger charge is -2.36. The maximum Gasteiger partial charge on any atom is 0.324 e. The lowest BCUT2D eigenvalue weighted by Crippen LogP contribution is -2.59. The van der Waals surface area contributed by atoms with Crippen LogP contribution in [0.25, 0.3) is 0 Å². The van der Waals surface area contributed by atoms with Crippen molar-refractivity contribution in [1.82, 2.24) is 10.2 Å². The van der Waals surface area contributed by atoms with Crippen LogP contribution in [0.1, 0.15) is 47.5 Å². The van der Waals surface area contributed by atoms with Crippen molar-refractivity contribution in [2.45, 2.75) is 65.1 Å². The summed E-state index contributed by atoms with van der Waals surface area (Å²) in [5.74, 6) is -0.171. The fourth-order valence-electron chi connectivity index (χ4n) is 3.02. The van der Waals surface area contributed by atoms with Crippen LogP contribution in [0, 0.1) is 5.92 Å². The Hall–Kier alpha value is -0.610. The van der Waals surface area contributed by atoms with Crippen LogP contribution in [0.4, 0.5) is 0 Å². The molecule has 18 heavy (non-hydrogen) atoms. The van der Waals surface area contributed by atoms with Gasteiger partial charge in [-0.05, 0) is 46.1 Å². The van der Waals surface area contributed by atoms with Gasteiger partial charge in [0, 0.05) is 18.6 Å². The first-order valence-electron chi connectivity index (χ1n) is 7.01. The van der Waals surface area contributed by atoms with Crippen molar-refractivity contribution in [2.75, 3.05) is 13.1 Å². The molecule has 4 nitrogen and oxygen atoms in total. The Morgan fingerprint density at radius 1 is 1.44 bits per heavy atom. The summed E-state index contributed by atoms with van der Waals surface area (Å²) in [6.45, 7) is 11.8. The van der Waals surface area contributed by atoms with E-state index in [1.54, 1.807) is 6.92 Å². The lowest BCUT2D eigenvalue weighted by molar-refractivity contribution is -0.145. The molecule has 2 atom stereocenters. The number of carbonyl (C=O) groups is 1. The fourth-order valence-corrected chi connectivity index (χ4v) is 3.02. The fraction of sp³-hybridized carbons (Fsp3) is 0.929. The van der Waals surface area contributed by atoms with Gasteiger partial charge in [-0.15, -0.1) is 0 Å². The van der Waals surface area contributed by atoms with Gasteiger partial charge in [0.2, 0.25) is 0 Å². The summed E-state index contributed by atoms with van der Waals surface area (Å²) < 4.78 is 0. The van der Waals surface area contributed by atoms with Crippen molar-refractivity contribution in [3.05, 3.63) is 0 Å². The smallest absolute Gasteiger partial charge is 0.324 e. The van der Waals surface area contributed by atoms with E-state index in [0.29, 0.717) is 18.5 Å². The number of carboxylic acids is 1. The summed E-state index contributed by atoms with van der Waals surface area (Å²) in [5, 5.41) is 12.7. The molecule has 0 aliphatic carbocycles. The maximum absolute atomic E-state index is 11.5. The molecule has 4 heteroatoms. The predicted molar refractivity (Wildman–Crippen MR) is 73.7 cm³/mol. The average molecular weight is 256 g/mol. The largest absolute Gasteiger partial charge is 0.480 e. The SMILES string of the molecule is CC(C)NC(C)(CN1CCCC1C(C)C)C(=O)O. The van der Waals surface area contributed by atoms with Crippen LogP contribution in [0.5, 0.6) is 0 Å². The molecule has 0 spiro atoms. The number of hydrogen-bond acceptors (Lipinski definition) is 3. The zero-order chi connectivity index (χ0) is 13.9. The summed E-state index contributed by atoms with van der Waals surface area (Å²) in [5.41, 5.74) is -0.856. The summed E-state index contributed by atoms with van der Waals surface area (Å²) in [6.07, 6.45) is 2.37. The molecule has 0 aromatic heterocycles. The molecule has 1 rings (SSSR count). The highest BCUT2D eigenvalue weighted by Gasteiger charge is 2.39. The second kappa shape index (κ2) is 6.02. The number of hydrogen-bond donors (Lipinski definition) is 2. The van der Waals surface area contributed by atoms with Gasteiger partial charge in [-0.3, -0.25) is 15.0 Å². The van der Waals surface area contributed by atoms with Gasteiger partial charge in [0.15, 0.2) is 0 Å². The summed E-state index contributed by atoms with van der Waals surface area (Å²) in [7, 11) is 0. The number of nitrogens with zero attached hydrogens (tertiary/aromatic N) is 1. The molecule has 0 amide bonds. The van der Waals surface area contributed by atoms with Gasteiger partial charge in [0.25, 0.3) is 0 Å². The van der Waals surface area contributed by atoms with Gasteiger partial charge in [-0.25, -0.2) is 0 Å². The van der Waals surface area contributed by atoms with Crippen molar-refractivity contribution in [3.8, 4) is 0 Å². The summed E-state index contributed by atoms with van der Waals surface area (Å²) in [4.78, 5) is 13.9. The van der Waals surface area contributed by atoms with Crippen LogP contribution in [-0.4, -0.2) is 46.7 Å². The van der Waals surface area contributed by atoms with Crippen molar-refractivity contribution < 1.29 is 9.90 Å². The summed E-state index contributed by atoms with van der Waals surface area (Å²) >= 11 is 0. The molecule has 0 saturated carbocycles. The standard InChI is InChI=1S/C14H28N2O2/c1-10(2)12-7-6-8-16(12)9-14(5,13(17)18)15-11(3)4/h10-12,15H,6-9H2,1-5H3,(H,17,18). The molecule has 1 saturated heterocycles. The van der Waals surface area contributed by atoms with E-state index in [1.165, 1.54) is 12.8 Å². The minimum atomic E-state index is -0.856. The Balaban J connectivity index is 2.74. The molecule has 1 heterocycles. The van der Waals surface area contributed by atoms with Crippen molar-refractivity contribution in [1.29, 1.82) is 0 Å². The quantitative estimate of drug-likeness (QED) is 0.762. The Morgan fingerprint density at radius 3 is 2.50 bits per heavy atom. The normalized spacial score (nSPS) is 24.7. The van der Waals surface area contributed by atoms with Crippen LogP contribution >= 0.6 is 0 Å². The number of likely N-dealkylation sites (tertiary alicyclic amines) is 1. The highest BCUT2D eigenvalue weighted by molar-refractivity contribution is 5.78. The second-order valence-corrected chi connectivity index (χ2v) is 6.36. The van der Waals surface area contributed by atoms with Gasteiger partial charge in [0.05, 0.1) is 0 Å². The van der Waals surface area contributed by atoms with Gasteiger partial charge in [0.1, 0.15) is 5.54 Å². The number of nitrogens with one attached hydrogen (secondary N) is 1. The lowest BCUT2D eigenvalue weighted by atomic mass is 9.97. The first kappa shape index (κ1) is 15.4. The van der Waals surface area contributed by atoms with E-state index in [2.05, 4.69) is 24.1 Å². The molecule has 2 unspecified atom stereocenters. The molecule has 1 aliphatic rings. The van der Waals surface area contributed by atoms with Crippen LogP contribution in [0.15, 0.2) is 0 Å². The molecule has 2 N–H and O–H groups in total. The van der Waals surface area contributed by atoms with Gasteiger partial charge in [-0.2, -0.15) is 0 Å². The Bertz CT molecular complexity index is 292. The predicted octanol–water partition coefficient (Wildman–Crippen LogP) is 1.95. The molecule has 106 valence electrons. The third-order valence-electron chi connectivity index (χ3n) is 3.78. The van der Waals surface area contributed by atoms with E-state index < -0.39 is 11.5 Å². The van der Waals surface area contributed by atoms with Crippen LogP contribution < -0.4 is 5.32 Å². The zero-order valence-corrected chi connectivity index (χ0v) is 12.4. The molecule has 1 fully saturated rings. The highest BCUT2D eigenvalue weighted by Crippen LogP contribution is 2.25. The molecule has 0 bridgehead atoms. The molecule has 0 radical (unpaired) electrons. The van der Waals surface area contributed by atoms with Crippen molar-refractivity contribution in [2.24, 2.45) is 5.92 Å². The monoisotopic (exact) mass is 256 g/mol. The minimum Gasteiger partial charge on any atom is -0.480 e. The number of rotatable bonds is 6. The topological polar surface area (TPSA) is 52.6 Å². The van der Waals surface area contributed by atoms with E-state index in [9.17, 15) is 9.90 Å². The first-order chi connectivity index (χ1) is 8.26. The van der Waals surface area contributed by atoms with Crippen LogP contribution in [0.3, 0.4) is 0 Å². The van der Waals surface area contributed by atoms with Crippen molar-refractivity contribution >= 4 is 5.97 Å². The van der Waals surface area contributed by atoms with Gasteiger partial charge >= 0.3 is 5.97 Å². The third-order valence-corrected chi connectivity index (χ3v) is 3.78. The maximum atomic E-state index is 11.5. The van der Waals surface area contributed by atoms with Gasteiger partial charge < -0.3 is 5.11 Å². The molecule has 0 aromatic rings. The number of carboxylic acid groups (broad SMARTS) is 1. The van der Waals surface area contributed by atoms with E-state index >= 15 is 0 Å². The molecular formula is C14H28N2O2. The van der Waals surface area contributed by atoms with E-state index in [-0.39, 0.29) is 6.04 Å². The zero-order valence-electron chi connectivity index (χ0n) is 12.4. The van der Waals surface area contributed by atoms with E-state index in [1.807, 2.05) is 13.8 Å². The van der Waals surface area contributed by atoms with Gasteiger partial charge in [-0.1, -0.05) is 13.8 Å². The molecule has 0 aromatic carbocycles. The van der Waals surface area contributed by atoms with Crippen molar-refractivity contribution in [3.63, 3.8) is 0 Å². The Kier molecular flexibility index (Phi) is 5.17. The Labute approximate surface area is 111 Å². The Morgan fingerprint density at radius 2 is 2.06 bits per heavy atom. The summed E-state index contributed by atoms with van der Waals surface area (Å²) in [6, 6.07) is 0.698. The van der Waals surface area contributed by atoms with E-state index in [4.69, 9.17) is 0 Å². The third kappa shape index (κ3) is 3.69.